The number of hydrogen-bond acceptors (Lipinski definition) is 6. The van der Waals surface area contributed by atoms with Gasteiger partial charge < -0.3 is 10.2 Å². The molecule has 0 spiro atoms. The average Bonchev–Trinajstić information content (AvgIpc) is 2.72. The Hall–Kier alpha value is -1.76. The summed E-state index contributed by atoms with van der Waals surface area (Å²) in [4.78, 5) is 10.5. The highest BCUT2D eigenvalue weighted by Crippen LogP contribution is 2.15. The van der Waals surface area contributed by atoms with E-state index in [9.17, 15) is 0 Å². The molecule has 2 heterocycles. The second-order valence-electron chi connectivity index (χ2n) is 4.03. The second kappa shape index (κ2) is 5.05. The zero-order valence-electron chi connectivity index (χ0n) is 10.4. The number of fused-ring (bicyclic) bond motifs is 1. The molecule has 0 amide bonds. The fourth-order valence-corrected chi connectivity index (χ4v) is 1.53. The Morgan fingerprint density at radius 2 is 2.18 bits per heavy atom. The molecule has 0 saturated carbocycles. The van der Waals surface area contributed by atoms with Gasteiger partial charge in [0.05, 0.1) is 0 Å². The van der Waals surface area contributed by atoms with Gasteiger partial charge in [-0.1, -0.05) is 5.21 Å². The molecular weight excluding hydrogens is 218 g/mol. The first-order valence-electron chi connectivity index (χ1n) is 5.65. The van der Waals surface area contributed by atoms with Crippen molar-refractivity contribution >= 4 is 17.0 Å². The van der Waals surface area contributed by atoms with Crippen molar-refractivity contribution in [3.05, 3.63) is 6.33 Å². The van der Waals surface area contributed by atoms with Crippen molar-refractivity contribution in [1.29, 1.82) is 0 Å². The van der Waals surface area contributed by atoms with Crippen LogP contribution < -0.4 is 5.32 Å². The Bertz CT molecular complexity index is 490. The molecule has 92 valence electrons. The molecule has 7 nitrogen and oxygen atoms in total. The summed E-state index contributed by atoms with van der Waals surface area (Å²) in [7, 11) is 4.06. The normalized spacial score (nSPS) is 11.3. The molecule has 0 saturated heterocycles. The molecule has 0 aliphatic rings. The van der Waals surface area contributed by atoms with Crippen molar-refractivity contribution in [2.45, 2.75) is 13.5 Å². The average molecular weight is 235 g/mol. The topological polar surface area (TPSA) is 71.8 Å². The predicted molar refractivity (Wildman–Crippen MR) is 65.8 cm³/mol. The van der Waals surface area contributed by atoms with Gasteiger partial charge in [-0.25, -0.2) is 14.6 Å². The van der Waals surface area contributed by atoms with Crippen LogP contribution in [-0.2, 0) is 6.54 Å². The highest BCUT2D eigenvalue weighted by molar-refractivity contribution is 5.81. The monoisotopic (exact) mass is 235 g/mol. The standard InChI is InChI=1S/C10H17N7/c1-4-17-10-8(14-15-17)9(12-7-13-10)11-5-6-16(2)3/h7H,4-6H2,1-3H3,(H,11,12,13). The minimum absolute atomic E-state index is 0.730. The summed E-state index contributed by atoms with van der Waals surface area (Å²) in [6.45, 7) is 4.52. The molecule has 0 aromatic carbocycles. The van der Waals surface area contributed by atoms with Crippen LogP contribution in [0.15, 0.2) is 6.33 Å². The first kappa shape index (κ1) is 11.7. The van der Waals surface area contributed by atoms with Gasteiger partial charge in [0.25, 0.3) is 0 Å². The Morgan fingerprint density at radius 3 is 2.88 bits per heavy atom. The van der Waals surface area contributed by atoms with Crippen LogP contribution in [0.5, 0.6) is 0 Å². The summed E-state index contributed by atoms with van der Waals surface area (Å²) in [5.41, 5.74) is 1.50. The maximum atomic E-state index is 4.19. The molecule has 2 rings (SSSR count). The number of anilines is 1. The molecule has 0 bridgehead atoms. The summed E-state index contributed by atoms with van der Waals surface area (Å²) < 4.78 is 1.76. The number of rotatable bonds is 5. The lowest BCUT2D eigenvalue weighted by molar-refractivity contribution is 0.425. The minimum atomic E-state index is 0.730. The van der Waals surface area contributed by atoms with Gasteiger partial charge in [0.15, 0.2) is 17.0 Å². The maximum Gasteiger partial charge on any atom is 0.183 e. The van der Waals surface area contributed by atoms with E-state index in [0.717, 1.165) is 36.6 Å². The molecule has 2 aromatic rings. The Kier molecular flexibility index (Phi) is 3.48. The van der Waals surface area contributed by atoms with Crippen LogP contribution in [0.4, 0.5) is 5.82 Å². The fraction of sp³-hybridized carbons (Fsp3) is 0.600. The lowest BCUT2D eigenvalue weighted by Crippen LogP contribution is -2.21. The van der Waals surface area contributed by atoms with Crippen molar-refractivity contribution in [3.8, 4) is 0 Å². The van der Waals surface area contributed by atoms with E-state index in [-0.39, 0.29) is 0 Å². The van der Waals surface area contributed by atoms with Gasteiger partial charge in [0.1, 0.15) is 6.33 Å². The molecule has 7 heteroatoms. The quantitative estimate of drug-likeness (QED) is 0.799. The number of aryl methyl sites for hydroxylation is 1. The van der Waals surface area contributed by atoms with Crippen LogP contribution >= 0.6 is 0 Å². The minimum Gasteiger partial charge on any atom is -0.367 e. The third-order valence-corrected chi connectivity index (χ3v) is 2.45. The van der Waals surface area contributed by atoms with Crippen molar-refractivity contribution < 1.29 is 0 Å². The fourth-order valence-electron chi connectivity index (χ4n) is 1.53. The lowest BCUT2D eigenvalue weighted by Gasteiger charge is -2.10. The summed E-state index contributed by atoms with van der Waals surface area (Å²) in [6.07, 6.45) is 1.54. The molecule has 1 N–H and O–H groups in total. The van der Waals surface area contributed by atoms with E-state index in [1.165, 1.54) is 6.33 Å². The molecule has 0 radical (unpaired) electrons. The van der Waals surface area contributed by atoms with Gasteiger partial charge in [0, 0.05) is 19.6 Å². The smallest absolute Gasteiger partial charge is 0.183 e. The summed E-state index contributed by atoms with van der Waals surface area (Å²) in [5, 5.41) is 11.4. The highest BCUT2D eigenvalue weighted by Gasteiger charge is 2.09. The van der Waals surface area contributed by atoms with E-state index in [1.807, 2.05) is 21.0 Å². The molecular formula is C10H17N7. The summed E-state index contributed by atoms with van der Waals surface area (Å²) in [6, 6.07) is 0. The molecule has 0 aliphatic heterocycles. The van der Waals surface area contributed by atoms with E-state index in [4.69, 9.17) is 0 Å². The van der Waals surface area contributed by atoms with Gasteiger partial charge in [-0.15, -0.1) is 5.10 Å². The Morgan fingerprint density at radius 1 is 1.35 bits per heavy atom. The van der Waals surface area contributed by atoms with Crippen LogP contribution in [0.2, 0.25) is 0 Å². The largest absolute Gasteiger partial charge is 0.367 e. The second-order valence-corrected chi connectivity index (χ2v) is 4.03. The van der Waals surface area contributed by atoms with Crippen LogP contribution in [-0.4, -0.2) is 57.0 Å². The number of nitrogens with one attached hydrogen (secondary N) is 1. The van der Waals surface area contributed by atoms with E-state index < -0.39 is 0 Å². The zero-order valence-corrected chi connectivity index (χ0v) is 10.4. The molecule has 2 aromatic heterocycles. The maximum absolute atomic E-state index is 4.19. The van der Waals surface area contributed by atoms with Gasteiger partial charge >= 0.3 is 0 Å². The molecule has 0 fully saturated rings. The van der Waals surface area contributed by atoms with Crippen LogP contribution in [0, 0.1) is 0 Å². The van der Waals surface area contributed by atoms with Crippen molar-refractivity contribution in [3.63, 3.8) is 0 Å². The van der Waals surface area contributed by atoms with Gasteiger partial charge in [0.2, 0.25) is 0 Å². The van der Waals surface area contributed by atoms with Crippen molar-refractivity contribution in [2.75, 3.05) is 32.5 Å². The van der Waals surface area contributed by atoms with Gasteiger partial charge in [-0.3, -0.25) is 0 Å². The number of aromatic nitrogens is 5. The third kappa shape index (κ3) is 2.50. The van der Waals surface area contributed by atoms with Gasteiger partial charge in [-0.05, 0) is 21.0 Å². The SMILES string of the molecule is CCn1nnc2c(NCCN(C)C)ncnc21. The number of nitrogens with zero attached hydrogens (tertiary/aromatic N) is 6. The number of likely N-dealkylation sites (N-methyl/N-ethyl adjacent to an activating group) is 1. The Balaban J connectivity index is 2.19. The van der Waals surface area contributed by atoms with Crippen LogP contribution in [0.3, 0.4) is 0 Å². The zero-order chi connectivity index (χ0) is 12.3. The number of hydrogen-bond donors (Lipinski definition) is 1. The molecule has 0 atom stereocenters. The third-order valence-electron chi connectivity index (χ3n) is 2.45. The van der Waals surface area contributed by atoms with E-state index in [2.05, 4.69) is 30.5 Å². The molecule has 0 unspecified atom stereocenters. The van der Waals surface area contributed by atoms with Crippen LogP contribution in [0.1, 0.15) is 6.92 Å². The Labute approximate surface area is 99.8 Å². The molecule has 17 heavy (non-hydrogen) atoms. The van der Waals surface area contributed by atoms with Crippen LogP contribution in [0.25, 0.3) is 11.2 Å². The first-order valence-corrected chi connectivity index (χ1v) is 5.65. The van der Waals surface area contributed by atoms with Gasteiger partial charge in [-0.2, -0.15) is 0 Å². The summed E-state index contributed by atoms with van der Waals surface area (Å²) in [5.74, 6) is 0.747. The van der Waals surface area contributed by atoms with E-state index >= 15 is 0 Å². The van der Waals surface area contributed by atoms with E-state index in [1.54, 1.807) is 4.68 Å². The predicted octanol–water partition coefficient (Wildman–Crippen LogP) is 0.215. The highest BCUT2D eigenvalue weighted by atomic mass is 15.4. The molecule has 0 aliphatic carbocycles. The van der Waals surface area contributed by atoms with E-state index in [0.29, 0.717) is 0 Å². The van der Waals surface area contributed by atoms with Crippen molar-refractivity contribution in [2.24, 2.45) is 0 Å². The van der Waals surface area contributed by atoms with Crippen molar-refractivity contribution in [1.82, 2.24) is 29.9 Å². The summed E-state index contributed by atoms with van der Waals surface area (Å²) >= 11 is 0. The lowest BCUT2D eigenvalue weighted by atomic mass is 10.4. The first-order chi connectivity index (χ1) is 8.22.